The van der Waals surface area contributed by atoms with Crippen LogP contribution in [0.1, 0.15) is 11.1 Å². The van der Waals surface area contributed by atoms with Gasteiger partial charge in [-0.25, -0.2) is 17.8 Å². The van der Waals surface area contributed by atoms with Crippen molar-refractivity contribution in [3.63, 3.8) is 0 Å². The Morgan fingerprint density at radius 1 is 1.00 bits per heavy atom. The molecule has 3 heterocycles. The van der Waals surface area contributed by atoms with Crippen LogP contribution in [0.3, 0.4) is 0 Å². The molecule has 3 N–H and O–H groups in total. The molecule has 0 bridgehead atoms. The number of hydrogen-bond acceptors (Lipinski definition) is 8. The van der Waals surface area contributed by atoms with Gasteiger partial charge in [0.1, 0.15) is 5.69 Å². The van der Waals surface area contributed by atoms with Gasteiger partial charge in [-0.2, -0.15) is 13.8 Å². The zero-order valence-electron chi connectivity index (χ0n) is 20.8. The first-order chi connectivity index (χ1) is 19.1. The van der Waals surface area contributed by atoms with Crippen LogP contribution in [0.15, 0.2) is 59.6 Å². The maximum absolute atomic E-state index is 15.2. The van der Waals surface area contributed by atoms with Crippen LogP contribution in [0.25, 0.3) is 0 Å². The number of aromatic nitrogens is 1. The first-order valence-electron chi connectivity index (χ1n) is 12.2. The Bertz CT molecular complexity index is 1600. The molecule has 2 amide bonds. The van der Waals surface area contributed by atoms with E-state index in [0.717, 1.165) is 4.90 Å². The molecule has 1 unspecified atom stereocenters. The van der Waals surface area contributed by atoms with Gasteiger partial charge in [0, 0.05) is 24.2 Å². The van der Waals surface area contributed by atoms with Gasteiger partial charge in [-0.05, 0) is 6.07 Å². The third-order valence-electron chi connectivity index (χ3n) is 6.38. The number of rotatable bonds is 6. The summed E-state index contributed by atoms with van der Waals surface area (Å²) in [6.07, 6.45) is -1.36. The molecule has 40 heavy (non-hydrogen) atoms. The largest absolute Gasteiger partial charge is 0.364 e. The number of anilines is 3. The smallest absolute Gasteiger partial charge is 0.269 e. The van der Waals surface area contributed by atoms with Gasteiger partial charge in [0.05, 0.1) is 29.4 Å². The van der Waals surface area contributed by atoms with Crippen LogP contribution in [0, 0.1) is 17.6 Å². The fourth-order valence-corrected chi connectivity index (χ4v) is 5.58. The summed E-state index contributed by atoms with van der Waals surface area (Å²) in [6.45, 7) is -1.13. The van der Waals surface area contributed by atoms with E-state index in [2.05, 4.69) is 25.9 Å². The van der Waals surface area contributed by atoms with Crippen LogP contribution in [-0.4, -0.2) is 68.2 Å². The maximum atomic E-state index is 15.2. The number of amides is 2. The Kier molecular flexibility index (Phi) is 7.43. The number of halogens is 3. The molecule has 14 heteroatoms. The molecule has 2 aliphatic heterocycles. The maximum Gasteiger partial charge on any atom is 0.269 e. The summed E-state index contributed by atoms with van der Waals surface area (Å²) in [4.78, 5) is 34.4. The fraction of sp³-hybridized carbons (Fsp3) is 0.231. The number of carbonyl (C=O) groups excluding carboxylic acids is 2. The van der Waals surface area contributed by atoms with Crippen molar-refractivity contribution in [2.45, 2.75) is 6.17 Å². The van der Waals surface area contributed by atoms with E-state index in [1.807, 2.05) is 6.07 Å². The number of carbonyl (C=O) groups is 2. The van der Waals surface area contributed by atoms with Crippen molar-refractivity contribution in [1.29, 1.82) is 0 Å². The number of benzene rings is 2. The van der Waals surface area contributed by atoms with Crippen molar-refractivity contribution < 1.29 is 31.2 Å². The highest BCUT2D eigenvalue weighted by atomic mass is 32.2. The minimum Gasteiger partial charge on any atom is -0.364 e. The first-order valence-corrected chi connectivity index (χ1v) is 14.0. The predicted octanol–water partition coefficient (Wildman–Crippen LogP) is 2.08. The van der Waals surface area contributed by atoms with Gasteiger partial charge in [0.15, 0.2) is 21.5 Å². The molecule has 208 valence electrons. The van der Waals surface area contributed by atoms with Crippen LogP contribution in [0.5, 0.6) is 0 Å². The van der Waals surface area contributed by atoms with Gasteiger partial charge in [-0.3, -0.25) is 9.59 Å². The van der Waals surface area contributed by atoms with E-state index in [-0.39, 0.29) is 24.6 Å². The highest BCUT2D eigenvalue weighted by molar-refractivity contribution is 7.91. The van der Waals surface area contributed by atoms with Crippen molar-refractivity contribution in [2.75, 3.05) is 46.7 Å². The number of hydrogen-bond donors (Lipinski definition) is 3. The fourth-order valence-electron chi connectivity index (χ4n) is 4.38. The second-order valence-electron chi connectivity index (χ2n) is 9.07. The molecule has 1 atom stereocenters. The molecular weight excluding hydrogens is 549 g/mol. The number of nitrogens with one attached hydrogen (secondary N) is 3. The SMILES string of the molecule is O=C(CNc1nc(F)c(F)c(N2CCS(=O)(=O)CC2)c1F)NC1N=C(c2ccccc2)c2ccccc2NC1=O. The molecule has 0 saturated carbocycles. The summed E-state index contributed by atoms with van der Waals surface area (Å²) < 4.78 is 67.2. The second kappa shape index (κ2) is 11.0. The summed E-state index contributed by atoms with van der Waals surface area (Å²) in [7, 11) is -3.36. The molecule has 2 aliphatic rings. The molecule has 10 nitrogen and oxygen atoms in total. The number of nitrogens with zero attached hydrogens (tertiary/aromatic N) is 3. The van der Waals surface area contributed by atoms with Crippen LogP contribution in [0.4, 0.5) is 30.4 Å². The molecule has 1 aromatic heterocycles. The summed E-state index contributed by atoms with van der Waals surface area (Å²) >= 11 is 0. The standard InChI is InChI=1S/C26H23F3N6O4S/c27-19-22(35-10-12-40(38,39)13-11-35)20(28)24(34-23(19)29)30-14-18(36)32-25-26(37)31-17-9-5-4-8-16(17)21(33-25)15-6-2-1-3-7-15/h1-9,25H,10-14H2,(H,30,34)(H,31,37)(H,32,36). The Labute approximate surface area is 227 Å². The molecule has 2 aromatic carbocycles. The Morgan fingerprint density at radius 3 is 2.40 bits per heavy atom. The molecule has 1 saturated heterocycles. The highest BCUT2D eigenvalue weighted by Crippen LogP contribution is 2.30. The van der Waals surface area contributed by atoms with Crippen molar-refractivity contribution in [3.8, 4) is 0 Å². The van der Waals surface area contributed by atoms with Gasteiger partial charge in [0.25, 0.3) is 11.9 Å². The van der Waals surface area contributed by atoms with Crippen LogP contribution in [-0.2, 0) is 19.4 Å². The molecule has 0 spiro atoms. The minimum absolute atomic E-state index is 0.236. The number of sulfone groups is 1. The molecule has 0 radical (unpaired) electrons. The van der Waals surface area contributed by atoms with E-state index in [1.54, 1.807) is 48.5 Å². The highest BCUT2D eigenvalue weighted by Gasteiger charge is 2.31. The number of aliphatic imine (C=N–C) groups is 1. The van der Waals surface area contributed by atoms with Crippen LogP contribution in [0.2, 0.25) is 0 Å². The van der Waals surface area contributed by atoms with Gasteiger partial charge in [-0.1, -0.05) is 48.5 Å². The summed E-state index contributed by atoms with van der Waals surface area (Å²) in [5, 5.41) is 7.50. The molecule has 1 fully saturated rings. The average molecular weight is 573 g/mol. The topological polar surface area (TPSA) is 133 Å². The number of pyridine rings is 1. The lowest BCUT2D eigenvalue weighted by Crippen LogP contribution is -2.44. The lowest BCUT2D eigenvalue weighted by Gasteiger charge is -2.29. The summed E-state index contributed by atoms with van der Waals surface area (Å²) in [6, 6.07) is 16.0. The minimum atomic E-state index is -3.36. The molecule has 5 rings (SSSR count). The average Bonchev–Trinajstić information content (AvgIpc) is 3.07. The van der Waals surface area contributed by atoms with Crippen molar-refractivity contribution in [3.05, 3.63) is 83.3 Å². The van der Waals surface area contributed by atoms with Crippen molar-refractivity contribution in [2.24, 2.45) is 4.99 Å². The van der Waals surface area contributed by atoms with E-state index in [1.165, 1.54) is 0 Å². The molecule has 3 aromatic rings. The monoisotopic (exact) mass is 572 g/mol. The number of para-hydroxylation sites is 1. The quantitative estimate of drug-likeness (QED) is 0.386. The molecule has 0 aliphatic carbocycles. The first kappa shape index (κ1) is 27.1. The van der Waals surface area contributed by atoms with E-state index < -0.39 is 63.4 Å². The van der Waals surface area contributed by atoms with Crippen molar-refractivity contribution >= 4 is 44.6 Å². The van der Waals surface area contributed by atoms with Crippen LogP contribution < -0.4 is 20.9 Å². The van der Waals surface area contributed by atoms with Gasteiger partial charge in [-0.15, -0.1) is 0 Å². The van der Waals surface area contributed by atoms with E-state index in [4.69, 9.17) is 0 Å². The van der Waals surface area contributed by atoms with Gasteiger partial charge < -0.3 is 20.9 Å². The summed E-state index contributed by atoms with van der Waals surface area (Å²) in [5.74, 6) is -7.33. The van der Waals surface area contributed by atoms with E-state index in [9.17, 15) is 26.8 Å². The Hall–Kier alpha value is -4.46. The lowest BCUT2D eigenvalue weighted by molar-refractivity contribution is -0.125. The number of benzodiazepines with no additional fused rings is 1. The predicted molar refractivity (Wildman–Crippen MR) is 143 cm³/mol. The summed E-state index contributed by atoms with van der Waals surface area (Å²) in [5.41, 5.74) is 1.52. The third kappa shape index (κ3) is 5.61. The van der Waals surface area contributed by atoms with E-state index >= 15 is 4.39 Å². The Balaban J connectivity index is 1.34. The van der Waals surface area contributed by atoms with Crippen LogP contribution >= 0.6 is 0 Å². The molecular formula is C26H23F3N6O4S. The van der Waals surface area contributed by atoms with Gasteiger partial charge in [0.2, 0.25) is 17.9 Å². The lowest BCUT2D eigenvalue weighted by atomic mass is 10.0. The Morgan fingerprint density at radius 2 is 1.68 bits per heavy atom. The second-order valence-corrected chi connectivity index (χ2v) is 11.4. The van der Waals surface area contributed by atoms with E-state index in [0.29, 0.717) is 22.5 Å². The zero-order valence-corrected chi connectivity index (χ0v) is 21.6. The van der Waals surface area contributed by atoms with Gasteiger partial charge >= 0.3 is 0 Å². The third-order valence-corrected chi connectivity index (χ3v) is 7.99. The van der Waals surface area contributed by atoms with Crippen molar-refractivity contribution in [1.82, 2.24) is 10.3 Å². The zero-order chi connectivity index (χ0) is 28.4. The number of fused-ring (bicyclic) bond motifs is 1. The normalized spacial score (nSPS) is 18.2.